The standard InChI is InChI=1S/C12H16OS/c1-4-12(13)14-11-8-6-5-7-10(11)9(2)3/h5-9H,4H2,1-3H3. The smallest absolute Gasteiger partial charge is 0.193 e. The van der Waals surface area contributed by atoms with Gasteiger partial charge < -0.3 is 0 Å². The van der Waals surface area contributed by atoms with E-state index in [0.29, 0.717) is 12.3 Å². The second-order valence-corrected chi connectivity index (χ2v) is 4.62. The summed E-state index contributed by atoms with van der Waals surface area (Å²) >= 11 is 1.36. The van der Waals surface area contributed by atoms with E-state index in [0.717, 1.165) is 4.90 Å². The Bertz CT molecular complexity index is 318. The van der Waals surface area contributed by atoms with Crippen LogP contribution in [0.15, 0.2) is 29.2 Å². The van der Waals surface area contributed by atoms with Gasteiger partial charge in [-0.3, -0.25) is 4.79 Å². The van der Waals surface area contributed by atoms with Gasteiger partial charge in [-0.25, -0.2) is 0 Å². The minimum atomic E-state index is 0.234. The summed E-state index contributed by atoms with van der Waals surface area (Å²) in [6.45, 7) is 6.19. The van der Waals surface area contributed by atoms with Crippen LogP contribution in [0.3, 0.4) is 0 Å². The Labute approximate surface area is 89.9 Å². The molecule has 0 atom stereocenters. The number of benzene rings is 1. The number of rotatable bonds is 3. The second-order valence-electron chi connectivity index (χ2n) is 3.52. The fraction of sp³-hybridized carbons (Fsp3) is 0.417. The van der Waals surface area contributed by atoms with Crippen molar-refractivity contribution in [2.24, 2.45) is 0 Å². The van der Waals surface area contributed by atoms with Crippen molar-refractivity contribution in [1.29, 1.82) is 0 Å². The molecule has 0 saturated carbocycles. The van der Waals surface area contributed by atoms with Crippen molar-refractivity contribution >= 4 is 16.9 Å². The first-order chi connectivity index (χ1) is 6.65. The predicted molar refractivity (Wildman–Crippen MR) is 61.7 cm³/mol. The van der Waals surface area contributed by atoms with Gasteiger partial charge >= 0.3 is 0 Å². The zero-order valence-corrected chi connectivity index (χ0v) is 9.73. The highest BCUT2D eigenvalue weighted by Gasteiger charge is 2.09. The van der Waals surface area contributed by atoms with Crippen LogP contribution in [0, 0.1) is 0 Å². The molecule has 0 amide bonds. The summed E-state index contributed by atoms with van der Waals surface area (Å²) in [6.07, 6.45) is 0.594. The number of hydrogen-bond acceptors (Lipinski definition) is 2. The molecule has 0 N–H and O–H groups in total. The van der Waals surface area contributed by atoms with Gasteiger partial charge in [0.1, 0.15) is 0 Å². The molecule has 0 bridgehead atoms. The first-order valence-electron chi connectivity index (χ1n) is 4.94. The molecule has 0 aliphatic rings. The van der Waals surface area contributed by atoms with Crippen LogP contribution in [0.5, 0.6) is 0 Å². The summed E-state index contributed by atoms with van der Waals surface area (Å²) in [5.74, 6) is 0.475. The van der Waals surface area contributed by atoms with Crippen molar-refractivity contribution in [3.05, 3.63) is 29.8 Å². The fourth-order valence-corrected chi connectivity index (χ4v) is 2.20. The maximum absolute atomic E-state index is 11.3. The van der Waals surface area contributed by atoms with E-state index in [1.165, 1.54) is 17.3 Å². The van der Waals surface area contributed by atoms with Gasteiger partial charge in [0, 0.05) is 11.3 Å². The van der Waals surface area contributed by atoms with E-state index in [9.17, 15) is 4.79 Å². The highest BCUT2D eigenvalue weighted by Crippen LogP contribution is 2.29. The number of carbonyl (C=O) groups is 1. The lowest BCUT2D eigenvalue weighted by molar-refractivity contribution is -0.110. The Morgan fingerprint density at radius 1 is 1.36 bits per heavy atom. The topological polar surface area (TPSA) is 17.1 Å². The van der Waals surface area contributed by atoms with E-state index in [4.69, 9.17) is 0 Å². The lowest BCUT2D eigenvalue weighted by Crippen LogP contribution is -1.94. The third kappa shape index (κ3) is 2.88. The molecule has 0 saturated heterocycles. The molecule has 0 radical (unpaired) electrons. The molecule has 1 nitrogen and oxygen atoms in total. The molecule has 0 heterocycles. The average Bonchev–Trinajstić information content (AvgIpc) is 2.18. The van der Waals surface area contributed by atoms with Crippen LogP contribution in [-0.4, -0.2) is 5.12 Å². The van der Waals surface area contributed by atoms with Gasteiger partial charge in [0.2, 0.25) is 0 Å². The van der Waals surface area contributed by atoms with E-state index >= 15 is 0 Å². The van der Waals surface area contributed by atoms with Crippen LogP contribution in [0.4, 0.5) is 0 Å². The maximum Gasteiger partial charge on any atom is 0.193 e. The van der Waals surface area contributed by atoms with Crippen molar-refractivity contribution in [2.75, 3.05) is 0 Å². The molecule has 14 heavy (non-hydrogen) atoms. The van der Waals surface area contributed by atoms with Crippen molar-refractivity contribution < 1.29 is 4.79 Å². The zero-order valence-electron chi connectivity index (χ0n) is 8.91. The molecule has 1 rings (SSSR count). The first kappa shape index (κ1) is 11.3. The van der Waals surface area contributed by atoms with Gasteiger partial charge in [0.25, 0.3) is 0 Å². The molecule has 0 aromatic heterocycles. The molecule has 2 heteroatoms. The maximum atomic E-state index is 11.3. The normalized spacial score (nSPS) is 10.6. The van der Waals surface area contributed by atoms with Gasteiger partial charge in [-0.05, 0) is 17.5 Å². The van der Waals surface area contributed by atoms with Crippen LogP contribution in [0.2, 0.25) is 0 Å². The van der Waals surface area contributed by atoms with Gasteiger partial charge in [-0.1, -0.05) is 50.7 Å². The molecule has 1 aromatic rings. The average molecular weight is 208 g/mol. The Morgan fingerprint density at radius 2 is 2.00 bits per heavy atom. The van der Waals surface area contributed by atoms with E-state index < -0.39 is 0 Å². The highest BCUT2D eigenvalue weighted by molar-refractivity contribution is 8.13. The summed E-state index contributed by atoms with van der Waals surface area (Å²) in [7, 11) is 0. The van der Waals surface area contributed by atoms with E-state index in [2.05, 4.69) is 19.9 Å². The van der Waals surface area contributed by atoms with Gasteiger partial charge in [0.15, 0.2) is 5.12 Å². The minimum absolute atomic E-state index is 0.234. The monoisotopic (exact) mass is 208 g/mol. The number of carbonyl (C=O) groups excluding carboxylic acids is 1. The molecule has 1 aromatic carbocycles. The van der Waals surface area contributed by atoms with Crippen LogP contribution >= 0.6 is 11.8 Å². The predicted octanol–water partition coefficient (Wildman–Crippen LogP) is 3.84. The molecule has 0 unspecified atom stereocenters. The van der Waals surface area contributed by atoms with Crippen molar-refractivity contribution in [2.45, 2.75) is 38.0 Å². The quantitative estimate of drug-likeness (QED) is 0.702. The molecule has 76 valence electrons. The van der Waals surface area contributed by atoms with Crippen molar-refractivity contribution in [1.82, 2.24) is 0 Å². The minimum Gasteiger partial charge on any atom is -0.287 e. The van der Waals surface area contributed by atoms with Crippen molar-refractivity contribution in [3.63, 3.8) is 0 Å². The molecule has 0 aliphatic carbocycles. The number of thioether (sulfide) groups is 1. The molecule has 0 aliphatic heterocycles. The number of hydrogen-bond donors (Lipinski definition) is 0. The second kappa shape index (κ2) is 5.20. The Balaban J connectivity index is 2.90. The van der Waals surface area contributed by atoms with E-state index in [-0.39, 0.29) is 5.12 Å². The van der Waals surface area contributed by atoms with Crippen LogP contribution in [0.25, 0.3) is 0 Å². The summed E-state index contributed by atoms with van der Waals surface area (Å²) < 4.78 is 0. The van der Waals surface area contributed by atoms with Crippen LogP contribution in [-0.2, 0) is 4.79 Å². The lowest BCUT2D eigenvalue weighted by atomic mass is 10.0. The Kier molecular flexibility index (Phi) is 4.21. The SMILES string of the molecule is CCC(=O)Sc1ccccc1C(C)C. The zero-order chi connectivity index (χ0) is 10.6. The first-order valence-corrected chi connectivity index (χ1v) is 5.76. The summed E-state index contributed by atoms with van der Waals surface area (Å²) in [5, 5.41) is 0.234. The third-order valence-electron chi connectivity index (χ3n) is 2.05. The summed E-state index contributed by atoms with van der Waals surface area (Å²) in [6, 6.07) is 8.12. The van der Waals surface area contributed by atoms with Gasteiger partial charge in [-0.15, -0.1) is 0 Å². The van der Waals surface area contributed by atoms with Crippen molar-refractivity contribution in [3.8, 4) is 0 Å². The lowest BCUT2D eigenvalue weighted by Gasteiger charge is -2.10. The summed E-state index contributed by atoms with van der Waals surface area (Å²) in [4.78, 5) is 12.4. The third-order valence-corrected chi connectivity index (χ3v) is 3.16. The van der Waals surface area contributed by atoms with Crippen LogP contribution in [0.1, 0.15) is 38.7 Å². The Morgan fingerprint density at radius 3 is 2.57 bits per heavy atom. The molecule has 0 spiro atoms. The largest absolute Gasteiger partial charge is 0.287 e. The Hall–Kier alpha value is -0.760. The fourth-order valence-electron chi connectivity index (χ4n) is 1.25. The highest BCUT2D eigenvalue weighted by atomic mass is 32.2. The van der Waals surface area contributed by atoms with Gasteiger partial charge in [0.05, 0.1) is 0 Å². The van der Waals surface area contributed by atoms with Crippen LogP contribution < -0.4 is 0 Å². The van der Waals surface area contributed by atoms with Gasteiger partial charge in [-0.2, -0.15) is 0 Å². The summed E-state index contributed by atoms with van der Waals surface area (Å²) in [5.41, 5.74) is 1.26. The van der Waals surface area contributed by atoms with E-state index in [1.807, 2.05) is 25.1 Å². The molecular formula is C12H16OS. The molecule has 0 fully saturated rings. The van der Waals surface area contributed by atoms with E-state index in [1.54, 1.807) is 0 Å². The molecular weight excluding hydrogens is 192 g/mol.